The minimum absolute atomic E-state index is 0.157. The van der Waals surface area contributed by atoms with Gasteiger partial charge in [-0.15, -0.1) is 13.2 Å². The van der Waals surface area contributed by atoms with E-state index in [0.29, 0.717) is 9.99 Å². The summed E-state index contributed by atoms with van der Waals surface area (Å²) in [6.45, 7) is 1.95. The van der Waals surface area contributed by atoms with E-state index in [2.05, 4.69) is 4.74 Å². The van der Waals surface area contributed by atoms with E-state index in [1.165, 1.54) is 13.2 Å². The van der Waals surface area contributed by atoms with Crippen molar-refractivity contribution in [1.29, 1.82) is 0 Å². The second-order valence-electron chi connectivity index (χ2n) is 3.39. The number of benzene rings is 1. The van der Waals surface area contributed by atoms with Crippen LogP contribution in [0.5, 0.6) is 11.5 Å². The molecule has 1 rings (SSSR count). The lowest BCUT2D eigenvalue weighted by Gasteiger charge is -2.16. The van der Waals surface area contributed by atoms with Crippen LogP contribution in [0.1, 0.15) is 18.9 Å². The van der Waals surface area contributed by atoms with E-state index in [4.69, 9.17) is 4.74 Å². The average molecular weight is 360 g/mol. The Morgan fingerprint density at radius 3 is 2.41 bits per heavy atom. The lowest BCUT2D eigenvalue weighted by Crippen LogP contribution is -2.18. The number of halogens is 4. The summed E-state index contributed by atoms with van der Waals surface area (Å²) in [6.07, 6.45) is -3.24. The molecule has 0 fully saturated rings. The van der Waals surface area contributed by atoms with Gasteiger partial charge in [0.2, 0.25) is 0 Å². The van der Waals surface area contributed by atoms with Gasteiger partial charge in [0.1, 0.15) is 0 Å². The van der Waals surface area contributed by atoms with E-state index in [9.17, 15) is 13.2 Å². The standard InChI is InChI=1S/C11H12F3IO2/c1-3-4-7-5-8(15)6-9(10(7)16-2)17-11(12,13)14/h5-6H,3-4H2,1-2H3. The van der Waals surface area contributed by atoms with Crippen LogP contribution in [0.4, 0.5) is 13.2 Å². The topological polar surface area (TPSA) is 18.5 Å². The molecule has 96 valence electrons. The number of hydrogen-bond donors (Lipinski definition) is 0. The monoisotopic (exact) mass is 360 g/mol. The molecule has 0 atom stereocenters. The normalized spacial score (nSPS) is 11.4. The third-order valence-electron chi connectivity index (χ3n) is 2.05. The first-order valence-electron chi connectivity index (χ1n) is 4.99. The van der Waals surface area contributed by atoms with Gasteiger partial charge in [0.15, 0.2) is 11.5 Å². The molecule has 0 saturated carbocycles. The number of rotatable bonds is 4. The highest BCUT2D eigenvalue weighted by atomic mass is 127. The fourth-order valence-corrected chi connectivity index (χ4v) is 2.17. The van der Waals surface area contributed by atoms with Crippen LogP contribution in [0.25, 0.3) is 0 Å². The van der Waals surface area contributed by atoms with Gasteiger partial charge in [-0.05, 0) is 46.7 Å². The molecule has 0 unspecified atom stereocenters. The number of alkyl halides is 3. The minimum Gasteiger partial charge on any atom is -0.493 e. The van der Waals surface area contributed by atoms with Crippen molar-refractivity contribution in [2.45, 2.75) is 26.1 Å². The van der Waals surface area contributed by atoms with Gasteiger partial charge in [0.25, 0.3) is 0 Å². The summed E-state index contributed by atoms with van der Waals surface area (Å²) in [4.78, 5) is 0. The zero-order chi connectivity index (χ0) is 13.1. The van der Waals surface area contributed by atoms with Gasteiger partial charge in [-0.3, -0.25) is 0 Å². The Morgan fingerprint density at radius 2 is 1.94 bits per heavy atom. The molecule has 0 aromatic heterocycles. The first kappa shape index (κ1) is 14.4. The van der Waals surface area contributed by atoms with Crippen molar-refractivity contribution in [3.8, 4) is 11.5 Å². The highest BCUT2D eigenvalue weighted by Crippen LogP contribution is 2.37. The minimum atomic E-state index is -4.71. The molecule has 0 radical (unpaired) electrons. The second kappa shape index (κ2) is 5.79. The van der Waals surface area contributed by atoms with Crippen molar-refractivity contribution in [3.05, 3.63) is 21.3 Å². The lowest BCUT2D eigenvalue weighted by atomic mass is 10.1. The Morgan fingerprint density at radius 1 is 1.29 bits per heavy atom. The quantitative estimate of drug-likeness (QED) is 0.752. The fourth-order valence-electron chi connectivity index (χ4n) is 1.51. The van der Waals surface area contributed by atoms with Gasteiger partial charge in [0.05, 0.1) is 7.11 Å². The molecular formula is C11H12F3IO2. The largest absolute Gasteiger partial charge is 0.573 e. The third kappa shape index (κ3) is 4.25. The van der Waals surface area contributed by atoms with Crippen LogP contribution >= 0.6 is 22.6 Å². The molecule has 1 aromatic carbocycles. The Hall–Kier alpha value is -0.660. The number of aryl methyl sites for hydroxylation is 1. The molecule has 0 aliphatic carbocycles. The highest BCUT2D eigenvalue weighted by molar-refractivity contribution is 14.1. The maximum atomic E-state index is 12.2. The molecule has 0 bridgehead atoms. The fraction of sp³-hybridized carbons (Fsp3) is 0.455. The van der Waals surface area contributed by atoms with Crippen LogP contribution < -0.4 is 9.47 Å². The molecule has 2 nitrogen and oxygen atoms in total. The smallest absolute Gasteiger partial charge is 0.493 e. The van der Waals surface area contributed by atoms with Crippen LogP contribution in [-0.2, 0) is 6.42 Å². The van der Waals surface area contributed by atoms with Crippen molar-refractivity contribution in [3.63, 3.8) is 0 Å². The zero-order valence-electron chi connectivity index (χ0n) is 9.40. The summed E-state index contributed by atoms with van der Waals surface area (Å²) >= 11 is 1.95. The number of ether oxygens (including phenoxy) is 2. The molecule has 0 aliphatic heterocycles. The predicted molar refractivity (Wildman–Crippen MR) is 66.4 cm³/mol. The molecule has 0 N–H and O–H groups in total. The van der Waals surface area contributed by atoms with E-state index in [1.807, 2.05) is 29.5 Å². The average Bonchev–Trinajstić information content (AvgIpc) is 2.15. The van der Waals surface area contributed by atoms with Gasteiger partial charge in [-0.1, -0.05) is 13.3 Å². The van der Waals surface area contributed by atoms with Crippen LogP contribution in [0, 0.1) is 3.57 Å². The summed E-state index contributed by atoms with van der Waals surface area (Å²) < 4.78 is 46.3. The number of hydrogen-bond acceptors (Lipinski definition) is 2. The second-order valence-corrected chi connectivity index (χ2v) is 4.64. The first-order valence-corrected chi connectivity index (χ1v) is 6.07. The summed E-state index contributed by atoms with van der Waals surface area (Å²) in [6, 6.07) is 3.11. The van der Waals surface area contributed by atoms with Crippen LogP contribution in [0.15, 0.2) is 12.1 Å². The Labute approximate surface area is 111 Å². The van der Waals surface area contributed by atoms with Crippen LogP contribution in [-0.4, -0.2) is 13.5 Å². The molecule has 0 aliphatic rings. The molecule has 0 amide bonds. The molecule has 6 heteroatoms. The van der Waals surface area contributed by atoms with Gasteiger partial charge >= 0.3 is 6.36 Å². The maximum Gasteiger partial charge on any atom is 0.573 e. The molecule has 0 saturated heterocycles. The Bertz CT molecular complexity index is 391. The van der Waals surface area contributed by atoms with E-state index in [0.717, 1.165) is 12.0 Å². The SMILES string of the molecule is CCCc1cc(I)cc(OC(F)(F)F)c1OC. The van der Waals surface area contributed by atoms with Crippen molar-refractivity contribution in [2.75, 3.05) is 7.11 Å². The summed E-state index contributed by atoms with van der Waals surface area (Å²) in [5.41, 5.74) is 0.723. The Balaban J connectivity index is 3.18. The summed E-state index contributed by atoms with van der Waals surface area (Å²) in [7, 11) is 1.34. The summed E-state index contributed by atoms with van der Waals surface area (Å²) in [5.74, 6) is -0.125. The van der Waals surface area contributed by atoms with Crippen LogP contribution in [0.3, 0.4) is 0 Å². The molecule has 0 heterocycles. The lowest BCUT2D eigenvalue weighted by molar-refractivity contribution is -0.275. The molecule has 0 spiro atoms. The van der Waals surface area contributed by atoms with E-state index >= 15 is 0 Å². The van der Waals surface area contributed by atoms with Gasteiger partial charge in [-0.2, -0.15) is 0 Å². The molecule has 1 aromatic rings. The van der Waals surface area contributed by atoms with E-state index in [1.54, 1.807) is 6.07 Å². The van der Waals surface area contributed by atoms with Crippen molar-refractivity contribution < 1.29 is 22.6 Å². The first-order chi connectivity index (χ1) is 7.87. The van der Waals surface area contributed by atoms with E-state index in [-0.39, 0.29) is 11.5 Å². The van der Waals surface area contributed by atoms with Gasteiger partial charge in [-0.25, -0.2) is 0 Å². The Kier molecular flexibility index (Phi) is 4.91. The van der Waals surface area contributed by atoms with Crippen molar-refractivity contribution in [2.24, 2.45) is 0 Å². The van der Waals surface area contributed by atoms with Crippen LogP contribution in [0.2, 0.25) is 0 Å². The molecular weight excluding hydrogens is 348 g/mol. The number of methoxy groups -OCH3 is 1. The molecule has 17 heavy (non-hydrogen) atoms. The van der Waals surface area contributed by atoms with Gasteiger partial charge < -0.3 is 9.47 Å². The zero-order valence-corrected chi connectivity index (χ0v) is 11.6. The predicted octanol–water partition coefficient (Wildman–Crippen LogP) is 4.15. The van der Waals surface area contributed by atoms with Gasteiger partial charge in [0, 0.05) is 3.57 Å². The maximum absolute atomic E-state index is 12.2. The summed E-state index contributed by atoms with van der Waals surface area (Å²) in [5, 5.41) is 0. The highest BCUT2D eigenvalue weighted by Gasteiger charge is 2.33. The van der Waals surface area contributed by atoms with Crippen molar-refractivity contribution in [1.82, 2.24) is 0 Å². The third-order valence-corrected chi connectivity index (χ3v) is 2.67. The van der Waals surface area contributed by atoms with Crippen molar-refractivity contribution >= 4 is 22.6 Å². The van der Waals surface area contributed by atoms with E-state index < -0.39 is 6.36 Å².